The Morgan fingerprint density at radius 2 is 1.70 bits per heavy atom. The second-order valence-corrected chi connectivity index (χ2v) is 6.42. The summed E-state index contributed by atoms with van der Waals surface area (Å²) in [6.07, 6.45) is 0. The molecule has 1 amide bonds. The Morgan fingerprint density at radius 1 is 1.00 bits per heavy atom. The Hall–Kier alpha value is -3.41. The summed E-state index contributed by atoms with van der Waals surface area (Å²) in [5.41, 5.74) is 3.50. The molecular weight excluding hydrogens is 346 g/mol. The Morgan fingerprint density at radius 3 is 2.44 bits per heavy atom. The van der Waals surface area contributed by atoms with E-state index in [2.05, 4.69) is 5.32 Å². The van der Waals surface area contributed by atoms with Crippen molar-refractivity contribution < 1.29 is 18.7 Å². The number of aryl methyl sites for hydroxylation is 3. The maximum Gasteiger partial charge on any atom is 0.374 e. The zero-order chi connectivity index (χ0) is 19.6. The number of carbonyl (C=O) groups excluding carboxylic acids is 2. The number of ether oxygens (including phenoxy) is 1. The molecule has 0 aliphatic heterocycles. The summed E-state index contributed by atoms with van der Waals surface area (Å²) in [6.45, 7) is 5.20. The van der Waals surface area contributed by atoms with Gasteiger partial charge in [0.2, 0.25) is 5.76 Å². The van der Waals surface area contributed by atoms with E-state index >= 15 is 0 Å². The molecule has 0 atom stereocenters. The van der Waals surface area contributed by atoms with Crippen molar-refractivity contribution >= 4 is 28.5 Å². The van der Waals surface area contributed by atoms with Gasteiger partial charge in [0.15, 0.2) is 12.0 Å². The van der Waals surface area contributed by atoms with Crippen LogP contribution in [0.4, 0.5) is 5.69 Å². The van der Waals surface area contributed by atoms with Gasteiger partial charge in [-0.25, -0.2) is 4.79 Å². The number of esters is 1. The number of fused-ring (bicyclic) bond motifs is 1. The van der Waals surface area contributed by atoms with Crippen molar-refractivity contribution in [3.05, 3.63) is 75.1 Å². The summed E-state index contributed by atoms with van der Waals surface area (Å²) in [6, 6.07) is 11.8. The van der Waals surface area contributed by atoms with E-state index < -0.39 is 18.5 Å². The van der Waals surface area contributed by atoms with Gasteiger partial charge in [-0.05, 0) is 44.5 Å². The highest BCUT2D eigenvalue weighted by Gasteiger charge is 2.16. The Kier molecular flexibility index (Phi) is 5.07. The van der Waals surface area contributed by atoms with Crippen molar-refractivity contribution in [2.45, 2.75) is 20.8 Å². The van der Waals surface area contributed by atoms with Gasteiger partial charge < -0.3 is 14.5 Å². The third kappa shape index (κ3) is 4.23. The van der Waals surface area contributed by atoms with Crippen molar-refractivity contribution in [2.24, 2.45) is 0 Å². The molecule has 1 aromatic heterocycles. The molecule has 1 heterocycles. The minimum absolute atomic E-state index is 0.240. The SMILES string of the molecule is Cc1ccc(NC(=O)COC(=O)c2cc(=O)c3cc(C)ccc3o2)c(C)c1. The fraction of sp³-hybridized carbons (Fsp3) is 0.190. The van der Waals surface area contributed by atoms with Gasteiger partial charge in [-0.1, -0.05) is 29.3 Å². The molecule has 0 saturated heterocycles. The number of amides is 1. The third-order valence-electron chi connectivity index (χ3n) is 4.07. The van der Waals surface area contributed by atoms with E-state index in [1.165, 1.54) is 0 Å². The van der Waals surface area contributed by atoms with Crippen LogP contribution >= 0.6 is 0 Å². The second-order valence-electron chi connectivity index (χ2n) is 6.42. The van der Waals surface area contributed by atoms with Crippen molar-refractivity contribution in [1.82, 2.24) is 0 Å². The third-order valence-corrected chi connectivity index (χ3v) is 4.07. The van der Waals surface area contributed by atoms with Gasteiger partial charge in [0, 0.05) is 11.8 Å². The molecule has 0 fully saturated rings. The van der Waals surface area contributed by atoms with Gasteiger partial charge in [-0.15, -0.1) is 0 Å². The van der Waals surface area contributed by atoms with Crippen LogP contribution in [0.15, 0.2) is 51.7 Å². The minimum Gasteiger partial charge on any atom is -0.450 e. The molecule has 1 N–H and O–H groups in total. The first kappa shape index (κ1) is 18.4. The molecule has 138 valence electrons. The zero-order valence-electron chi connectivity index (χ0n) is 15.3. The molecule has 6 nitrogen and oxygen atoms in total. The van der Waals surface area contributed by atoms with Crippen LogP contribution in [0.3, 0.4) is 0 Å². The van der Waals surface area contributed by atoms with Crippen LogP contribution in [0.5, 0.6) is 0 Å². The summed E-state index contributed by atoms with van der Waals surface area (Å²) in [5, 5.41) is 3.07. The monoisotopic (exact) mass is 365 g/mol. The van der Waals surface area contributed by atoms with Crippen LogP contribution in [0.2, 0.25) is 0 Å². The first-order valence-corrected chi connectivity index (χ1v) is 8.42. The molecular formula is C21H19NO5. The van der Waals surface area contributed by atoms with E-state index in [9.17, 15) is 14.4 Å². The topological polar surface area (TPSA) is 85.6 Å². The average molecular weight is 365 g/mol. The Balaban J connectivity index is 1.68. The number of anilines is 1. The van der Waals surface area contributed by atoms with Crippen LogP contribution in [0, 0.1) is 20.8 Å². The largest absolute Gasteiger partial charge is 0.450 e. The van der Waals surface area contributed by atoms with Gasteiger partial charge in [0.1, 0.15) is 5.58 Å². The smallest absolute Gasteiger partial charge is 0.374 e. The lowest BCUT2D eigenvalue weighted by molar-refractivity contribution is -0.119. The van der Waals surface area contributed by atoms with Crippen LogP contribution in [-0.4, -0.2) is 18.5 Å². The number of benzene rings is 2. The highest BCUT2D eigenvalue weighted by Crippen LogP contribution is 2.17. The van der Waals surface area contributed by atoms with Crippen molar-refractivity contribution in [3.63, 3.8) is 0 Å². The second kappa shape index (κ2) is 7.45. The van der Waals surface area contributed by atoms with Crippen LogP contribution in [-0.2, 0) is 9.53 Å². The van der Waals surface area contributed by atoms with Crippen molar-refractivity contribution in [3.8, 4) is 0 Å². The van der Waals surface area contributed by atoms with Gasteiger partial charge in [0.05, 0.1) is 5.39 Å². The number of hydrogen-bond donors (Lipinski definition) is 1. The fourth-order valence-corrected chi connectivity index (χ4v) is 2.71. The molecule has 0 spiro atoms. The molecule has 0 radical (unpaired) electrons. The lowest BCUT2D eigenvalue weighted by Gasteiger charge is -2.09. The molecule has 3 aromatic rings. The van der Waals surface area contributed by atoms with Crippen LogP contribution in [0.25, 0.3) is 11.0 Å². The predicted octanol–water partition coefficient (Wildman–Crippen LogP) is 3.51. The highest BCUT2D eigenvalue weighted by molar-refractivity contribution is 5.95. The lowest BCUT2D eigenvalue weighted by atomic mass is 10.1. The van der Waals surface area contributed by atoms with Gasteiger partial charge in [-0.2, -0.15) is 0 Å². The maximum atomic E-state index is 12.2. The van der Waals surface area contributed by atoms with E-state index in [1.54, 1.807) is 24.3 Å². The fourth-order valence-electron chi connectivity index (χ4n) is 2.71. The molecule has 3 rings (SSSR count). The lowest BCUT2D eigenvalue weighted by Crippen LogP contribution is -2.21. The van der Waals surface area contributed by atoms with E-state index in [0.717, 1.165) is 22.8 Å². The summed E-state index contributed by atoms with van der Waals surface area (Å²) < 4.78 is 10.4. The quantitative estimate of drug-likeness (QED) is 0.715. The number of carbonyl (C=O) groups is 2. The standard InChI is InChI=1S/C21H19NO5/c1-12-4-6-16(14(3)8-12)22-20(24)11-26-21(25)19-10-17(23)15-9-13(2)5-7-18(15)27-19/h4-10H,11H2,1-3H3,(H,22,24). The zero-order valence-corrected chi connectivity index (χ0v) is 15.3. The molecule has 6 heteroatoms. The van der Waals surface area contributed by atoms with E-state index in [-0.39, 0.29) is 11.2 Å². The first-order valence-electron chi connectivity index (χ1n) is 8.42. The van der Waals surface area contributed by atoms with E-state index in [0.29, 0.717) is 16.7 Å². The molecule has 0 unspecified atom stereocenters. The normalized spacial score (nSPS) is 10.6. The molecule has 0 aliphatic carbocycles. The highest BCUT2D eigenvalue weighted by atomic mass is 16.5. The number of rotatable bonds is 4. The molecule has 27 heavy (non-hydrogen) atoms. The van der Waals surface area contributed by atoms with Gasteiger partial charge in [-0.3, -0.25) is 9.59 Å². The number of nitrogens with one attached hydrogen (secondary N) is 1. The Labute approximate surface area is 155 Å². The molecule has 2 aromatic carbocycles. The number of hydrogen-bond acceptors (Lipinski definition) is 5. The van der Waals surface area contributed by atoms with Crippen LogP contribution in [0.1, 0.15) is 27.2 Å². The average Bonchev–Trinajstić information content (AvgIpc) is 2.62. The van der Waals surface area contributed by atoms with E-state index in [1.807, 2.05) is 32.9 Å². The van der Waals surface area contributed by atoms with Crippen molar-refractivity contribution in [2.75, 3.05) is 11.9 Å². The Bertz CT molecular complexity index is 1100. The summed E-state index contributed by atoms with van der Waals surface area (Å²) in [5.74, 6) is -1.59. The minimum atomic E-state index is -0.870. The molecule has 0 aliphatic rings. The van der Waals surface area contributed by atoms with Crippen molar-refractivity contribution in [1.29, 1.82) is 0 Å². The predicted molar refractivity (Wildman–Crippen MR) is 102 cm³/mol. The van der Waals surface area contributed by atoms with Gasteiger partial charge in [0.25, 0.3) is 5.91 Å². The first-order chi connectivity index (χ1) is 12.8. The molecule has 0 bridgehead atoms. The molecule has 0 saturated carbocycles. The summed E-state index contributed by atoms with van der Waals surface area (Å²) >= 11 is 0. The summed E-state index contributed by atoms with van der Waals surface area (Å²) in [7, 11) is 0. The maximum absolute atomic E-state index is 12.2. The van der Waals surface area contributed by atoms with E-state index in [4.69, 9.17) is 9.15 Å². The van der Waals surface area contributed by atoms with Crippen LogP contribution < -0.4 is 10.7 Å². The van der Waals surface area contributed by atoms with Gasteiger partial charge >= 0.3 is 5.97 Å². The summed E-state index contributed by atoms with van der Waals surface area (Å²) in [4.78, 5) is 36.3.